The van der Waals surface area contributed by atoms with Gasteiger partial charge in [0.15, 0.2) is 16.7 Å². The van der Waals surface area contributed by atoms with E-state index in [1.54, 1.807) is 13.8 Å². The zero-order chi connectivity index (χ0) is 64.2. The van der Waals surface area contributed by atoms with Crippen LogP contribution in [0.15, 0.2) is 0 Å². The highest BCUT2D eigenvalue weighted by Crippen LogP contribution is 2.29. The maximum Gasteiger partial charge on any atom is 0.326 e. The summed E-state index contributed by atoms with van der Waals surface area (Å²) in [6.07, 6.45) is 17.3. The second kappa shape index (κ2) is 55.8. The van der Waals surface area contributed by atoms with Crippen molar-refractivity contribution in [2.24, 2.45) is 23.7 Å². The number of amides is 4. The fourth-order valence-corrected chi connectivity index (χ4v) is 13.7. The van der Waals surface area contributed by atoms with E-state index in [9.17, 15) is 57.8 Å². The standard InChI is InChI=1S/C60H104N4O17S5/c1-44(47(4)65)40-83-86-43-49(48(5)66)37-53(68)51(64-58(74)45(2)41-84-85-42-46(3)60(77)82)24-20-21-29-61-56(71)39-81-36-33-78-31-22-23-50(67)38-80-35-34-79-32-30-62-54(69)28-27-52(59(75)76)63-55(70)25-18-16-14-12-10-8-6-7-9-11-13-15-17-19-26-57(72)73/h44-46,49,51-52H,6-43H2,1-5H3,(H,61,71)(H,62,69)(H,63,70)(H,64,74)(H,72,73)(H,75,76)(H,77,82)/t44-,45-,46-,49-,51-,52-/m0/s1. The van der Waals surface area contributed by atoms with Crippen molar-refractivity contribution in [1.82, 2.24) is 21.3 Å². The van der Waals surface area contributed by atoms with Gasteiger partial charge in [-0.05, 0) is 58.8 Å². The molecule has 0 saturated heterocycles. The smallest absolute Gasteiger partial charge is 0.326 e. The summed E-state index contributed by atoms with van der Waals surface area (Å²) in [5.74, 6) is -2.97. The van der Waals surface area contributed by atoms with Gasteiger partial charge in [-0.2, -0.15) is 0 Å². The summed E-state index contributed by atoms with van der Waals surface area (Å²) in [4.78, 5) is 134. The third kappa shape index (κ3) is 50.6. The highest BCUT2D eigenvalue weighted by molar-refractivity contribution is 8.77. The van der Waals surface area contributed by atoms with Crippen LogP contribution in [0.4, 0.5) is 0 Å². The molecule has 26 heteroatoms. The summed E-state index contributed by atoms with van der Waals surface area (Å²) >= 11 is 3.87. The largest absolute Gasteiger partial charge is 0.481 e. The second-order valence-electron chi connectivity index (χ2n) is 21.8. The Balaban J connectivity index is 4.21. The predicted octanol–water partition coefficient (Wildman–Crippen LogP) is 8.85. The number of carbonyl (C=O) groups is 11. The Morgan fingerprint density at radius 2 is 0.953 bits per heavy atom. The second-order valence-corrected chi connectivity index (χ2v) is 27.4. The summed E-state index contributed by atoms with van der Waals surface area (Å²) in [6, 6.07) is -1.99. The molecule has 0 fully saturated rings. The van der Waals surface area contributed by atoms with Crippen molar-refractivity contribution in [3.63, 3.8) is 0 Å². The number of ketones is 4. The van der Waals surface area contributed by atoms with Gasteiger partial charge in [0.1, 0.15) is 30.8 Å². The third-order valence-corrected chi connectivity index (χ3v) is 19.7. The molecule has 0 aliphatic rings. The van der Waals surface area contributed by atoms with E-state index in [1.807, 2.05) is 6.92 Å². The van der Waals surface area contributed by atoms with E-state index in [4.69, 9.17) is 24.1 Å². The van der Waals surface area contributed by atoms with Crippen LogP contribution in [0, 0.1) is 23.7 Å². The van der Waals surface area contributed by atoms with Crippen LogP contribution < -0.4 is 21.3 Å². The van der Waals surface area contributed by atoms with Gasteiger partial charge in [-0.25, -0.2) is 4.79 Å². The molecule has 21 nitrogen and oxygen atoms in total. The highest BCUT2D eigenvalue weighted by Gasteiger charge is 2.28. The minimum absolute atomic E-state index is 0.0369. The average molecular weight is 1310 g/mol. The van der Waals surface area contributed by atoms with Gasteiger partial charge >= 0.3 is 11.9 Å². The van der Waals surface area contributed by atoms with Crippen LogP contribution >= 0.6 is 55.8 Å². The monoisotopic (exact) mass is 1310 g/mol. The Labute approximate surface area is 533 Å². The molecule has 0 aromatic heterocycles. The van der Waals surface area contributed by atoms with E-state index in [1.165, 1.54) is 95.5 Å². The summed E-state index contributed by atoms with van der Waals surface area (Å²) in [5.41, 5.74) is 0. The molecule has 0 radical (unpaired) electrons. The summed E-state index contributed by atoms with van der Waals surface area (Å²) in [5, 5.41) is 29.0. The topological polar surface area (TPSA) is 313 Å². The Morgan fingerprint density at radius 3 is 1.51 bits per heavy atom. The average Bonchev–Trinajstić information content (AvgIpc) is 3.68. The Kier molecular flexibility index (Phi) is 53.7. The van der Waals surface area contributed by atoms with E-state index in [0.717, 1.165) is 44.9 Å². The van der Waals surface area contributed by atoms with Crippen molar-refractivity contribution in [1.29, 1.82) is 0 Å². The molecule has 0 spiro atoms. The Morgan fingerprint density at radius 1 is 0.442 bits per heavy atom. The van der Waals surface area contributed by atoms with Crippen molar-refractivity contribution in [3.05, 3.63) is 0 Å². The first kappa shape index (κ1) is 82.8. The molecule has 6 atom stereocenters. The fraction of sp³-hybridized carbons (Fsp3) is 0.817. The van der Waals surface area contributed by atoms with E-state index >= 15 is 0 Å². The number of hydrogen-bond donors (Lipinski definition) is 7. The number of rotatable bonds is 62. The lowest BCUT2D eigenvalue weighted by Gasteiger charge is -2.22. The minimum Gasteiger partial charge on any atom is -0.481 e. The van der Waals surface area contributed by atoms with Gasteiger partial charge in [-0.1, -0.05) is 141 Å². The quantitative estimate of drug-likeness (QED) is 0.0170. The number of unbranched alkanes of at least 4 members (excludes halogenated alkanes) is 14. The number of thiol groups is 1. The maximum absolute atomic E-state index is 13.7. The van der Waals surface area contributed by atoms with Gasteiger partial charge in [0.25, 0.3) is 0 Å². The Bertz CT molecular complexity index is 1960. The van der Waals surface area contributed by atoms with Crippen molar-refractivity contribution in [2.45, 2.75) is 201 Å². The molecule has 0 aromatic rings. The molecule has 4 amide bonds. The molecule has 0 unspecified atom stereocenters. The zero-order valence-corrected chi connectivity index (χ0v) is 56.1. The SMILES string of the molecule is CC(=O)[C@H](CSSC[C@H](C)C(C)=O)CC(=O)[C@H](CCCCNC(=O)COCCOCCCC(=O)COCCOCCNC(=O)CC[C@H](NC(=O)CCCCCCCCCCCCCCCCC(=O)O)C(=O)O)NC(=O)[C@@H](C)CSSC[C@H](C)C(=O)S. The van der Waals surface area contributed by atoms with Gasteiger partial charge in [-0.3, -0.25) is 47.9 Å². The molecule has 86 heavy (non-hydrogen) atoms. The lowest BCUT2D eigenvalue weighted by molar-refractivity contribution is -0.142. The van der Waals surface area contributed by atoms with Crippen molar-refractivity contribution in [3.8, 4) is 0 Å². The molecule has 0 rings (SSSR count). The molecular weight excluding hydrogens is 1210 g/mol. The number of carboxylic acids is 2. The van der Waals surface area contributed by atoms with Crippen molar-refractivity contribution >= 4 is 120 Å². The first-order valence-electron chi connectivity index (χ1n) is 30.8. The summed E-state index contributed by atoms with van der Waals surface area (Å²) in [6.45, 7) is 9.86. The summed E-state index contributed by atoms with van der Waals surface area (Å²) < 4.78 is 21.8. The van der Waals surface area contributed by atoms with Gasteiger partial charge in [0.2, 0.25) is 23.6 Å². The predicted molar refractivity (Wildman–Crippen MR) is 345 cm³/mol. The number of nitrogens with one attached hydrogen (secondary N) is 4. The number of Topliss-reactive ketones (excluding diaryl/α,β-unsaturated/α-hetero) is 4. The van der Waals surface area contributed by atoms with E-state index in [-0.39, 0.29) is 155 Å². The lowest BCUT2D eigenvalue weighted by Crippen LogP contribution is -2.44. The molecule has 0 saturated carbocycles. The van der Waals surface area contributed by atoms with Crippen LogP contribution in [0.25, 0.3) is 0 Å². The van der Waals surface area contributed by atoms with E-state index in [2.05, 4.69) is 33.9 Å². The van der Waals surface area contributed by atoms with Gasteiger partial charge < -0.3 is 50.4 Å². The lowest BCUT2D eigenvalue weighted by atomic mass is 9.94. The number of carboxylic acid groups (broad SMARTS) is 2. The molecule has 0 bridgehead atoms. The molecule has 6 N–H and O–H groups in total. The zero-order valence-electron chi connectivity index (χ0n) is 51.9. The normalized spacial score (nSPS) is 13.4. The number of ether oxygens (including phenoxy) is 4. The minimum atomic E-state index is -1.20. The molecule has 0 aliphatic carbocycles. The first-order valence-corrected chi connectivity index (χ1v) is 36.2. The summed E-state index contributed by atoms with van der Waals surface area (Å²) in [7, 11) is 5.88. The van der Waals surface area contributed by atoms with Gasteiger partial charge in [0, 0.05) is 98.5 Å². The molecule has 0 aromatic carbocycles. The van der Waals surface area contributed by atoms with Crippen LogP contribution in [-0.4, -0.2) is 175 Å². The van der Waals surface area contributed by atoms with E-state index < -0.39 is 35.9 Å². The van der Waals surface area contributed by atoms with Crippen LogP contribution in [0.5, 0.6) is 0 Å². The molecule has 496 valence electrons. The van der Waals surface area contributed by atoms with Gasteiger partial charge in [0.05, 0.1) is 39.1 Å². The van der Waals surface area contributed by atoms with Crippen LogP contribution in [-0.2, 0) is 71.7 Å². The van der Waals surface area contributed by atoms with Crippen LogP contribution in [0.2, 0.25) is 0 Å². The third-order valence-electron chi connectivity index (χ3n) is 13.8. The van der Waals surface area contributed by atoms with E-state index in [0.29, 0.717) is 68.3 Å². The maximum atomic E-state index is 13.7. The number of carbonyl (C=O) groups excluding carboxylic acids is 9. The van der Waals surface area contributed by atoms with Crippen molar-refractivity contribution in [2.75, 3.05) is 89.0 Å². The number of hydrogen-bond acceptors (Lipinski definition) is 19. The molecular formula is C60H104N4O17S5. The van der Waals surface area contributed by atoms with Gasteiger partial charge in [-0.15, -0.1) is 12.6 Å². The Hall–Kier alpha value is -3.24. The number of aliphatic carboxylic acids is 2. The fourth-order valence-electron chi connectivity index (χ4n) is 8.00. The van der Waals surface area contributed by atoms with Crippen LogP contribution in [0.3, 0.4) is 0 Å². The van der Waals surface area contributed by atoms with Crippen molar-refractivity contribution < 1.29 is 81.9 Å². The highest BCUT2D eigenvalue weighted by atomic mass is 33.1. The first-order chi connectivity index (χ1) is 41.1. The molecule has 0 aliphatic heterocycles. The van der Waals surface area contributed by atoms with Crippen LogP contribution in [0.1, 0.15) is 189 Å². The molecule has 0 heterocycles.